The van der Waals surface area contributed by atoms with E-state index < -0.39 is 61.1 Å². The van der Waals surface area contributed by atoms with Gasteiger partial charge in [0.05, 0.1) is 25.0 Å². The molecule has 3 aromatic carbocycles. The van der Waals surface area contributed by atoms with Crippen LogP contribution in [0.2, 0.25) is 0 Å². The maximum absolute atomic E-state index is 12.4. The van der Waals surface area contributed by atoms with Gasteiger partial charge in [-0.3, -0.25) is 14.5 Å². The molecule has 0 saturated carbocycles. The third-order valence-electron chi connectivity index (χ3n) is 8.02. The second-order valence-electron chi connectivity index (χ2n) is 12.1. The number of rotatable bonds is 12. The molecular weight excluding hydrogens is 636 g/mol. The Morgan fingerprint density at radius 1 is 0.878 bits per heavy atom. The zero-order valence-electron chi connectivity index (χ0n) is 27.2. The van der Waals surface area contributed by atoms with E-state index in [2.05, 4.69) is 22.2 Å². The smallest absolute Gasteiger partial charge is 0.413 e. The average Bonchev–Trinajstić information content (AvgIpc) is 3.59. The Hall–Kier alpha value is -5.43. The van der Waals surface area contributed by atoms with Crippen LogP contribution in [0.4, 0.5) is 9.59 Å². The monoisotopic (exact) mass is 676 g/mol. The molecule has 3 aromatic rings. The fourth-order valence-electron chi connectivity index (χ4n) is 5.72. The summed E-state index contributed by atoms with van der Waals surface area (Å²) in [7, 11) is 0. The number of nitrogens with zero attached hydrogens (tertiary/aromatic N) is 1. The number of fused-ring (bicyclic) bond motifs is 3. The summed E-state index contributed by atoms with van der Waals surface area (Å²) >= 11 is 0. The summed E-state index contributed by atoms with van der Waals surface area (Å²) in [5.74, 6) is -2.91. The molecule has 49 heavy (non-hydrogen) atoms. The lowest BCUT2D eigenvalue weighted by Crippen LogP contribution is -2.45. The number of aliphatic hydroxyl groups excluding tert-OH is 1. The third-order valence-corrected chi connectivity index (χ3v) is 8.02. The molecule has 2 aliphatic rings. The standard InChI is InChI=1S/C23H27NO5.C13H13NO6/c1-14(2)11-20(21(25)12-22(26)27)24-23(28)29-13-19-17-9-5-3-7-15(17)16-8-4-6-10-18(16)19;15-11(16)6-10-12(17)20-8-14(10)13(18)19-7-9-4-2-1-3-5-9/h3-10,14,19-21,25H,11-13H2,1-2H3,(H,24,28)(H,26,27);1-5,10H,6-8H2,(H,15,16)/t20?,21-;10-/m00/s1. The van der Waals surface area contributed by atoms with Gasteiger partial charge in [-0.2, -0.15) is 0 Å². The van der Waals surface area contributed by atoms with Crippen molar-refractivity contribution in [2.45, 2.75) is 63.8 Å². The Bertz CT molecular complexity index is 1580. The van der Waals surface area contributed by atoms with Crippen molar-refractivity contribution in [1.82, 2.24) is 10.2 Å². The Balaban J connectivity index is 0.000000237. The zero-order valence-corrected chi connectivity index (χ0v) is 27.2. The normalized spacial score (nSPS) is 16.0. The van der Waals surface area contributed by atoms with E-state index in [4.69, 9.17) is 19.7 Å². The van der Waals surface area contributed by atoms with Crippen LogP contribution in [-0.2, 0) is 35.2 Å². The van der Waals surface area contributed by atoms with Crippen LogP contribution in [0.3, 0.4) is 0 Å². The fourth-order valence-corrected chi connectivity index (χ4v) is 5.72. The van der Waals surface area contributed by atoms with Gasteiger partial charge in [0.25, 0.3) is 0 Å². The lowest BCUT2D eigenvalue weighted by molar-refractivity contribution is -0.144. The van der Waals surface area contributed by atoms with E-state index in [9.17, 15) is 29.1 Å². The highest BCUT2D eigenvalue weighted by Crippen LogP contribution is 2.44. The fraction of sp³-hybridized carbons (Fsp3) is 0.361. The number of alkyl carbamates (subject to hydrolysis) is 1. The molecule has 5 rings (SSSR count). The number of aliphatic hydroxyl groups is 1. The molecule has 1 aliphatic carbocycles. The van der Waals surface area contributed by atoms with Crippen LogP contribution < -0.4 is 5.32 Å². The predicted octanol–water partition coefficient (Wildman–Crippen LogP) is 4.76. The molecule has 1 heterocycles. The second-order valence-corrected chi connectivity index (χ2v) is 12.1. The number of carboxylic acids is 2. The minimum absolute atomic E-state index is 0.0458. The molecule has 1 aliphatic heterocycles. The number of amides is 2. The van der Waals surface area contributed by atoms with Crippen molar-refractivity contribution in [1.29, 1.82) is 0 Å². The van der Waals surface area contributed by atoms with Crippen LogP contribution in [0.25, 0.3) is 11.1 Å². The molecule has 260 valence electrons. The number of cyclic esters (lactones) is 1. The lowest BCUT2D eigenvalue weighted by atomic mass is 9.97. The maximum atomic E-state index is 12.4. The Kier molecular flexibility index (Phi) is 12.7. The number of carboxylic acid groups (broad SMARTS) is 2. The summed E-state index contributed by atoms with van der Waals surface area (Å²) < 4.78 is 15.2. The molecule has 0 aromatic heterocycles. The summed E-state index contributed by atoms with van der Waals surface area (Å²) in [6, 6.07) is 23.3. The van der Waals surface area contributed by atoms with Gasteiger partial charge in [0.2, 0.25) is 0 Å². The van der Waals surface area contributed by atoms with E-state index in [1.165, 1.54) is 0 Å². The SMILES string of the molecule is CC(C)CC(NC(=O)OCC1c2ccccc2-c2ccccc21)[C@@H](O)CC(=O)O.O=C(O)C[C@H]1C(=O)OCN1C(=O)OCc1ccccc1. The van der Waals surface area contributed by atoms with Crippen molar-refractivity contribution >= 4 is 30.1 Å². The first-order chi connectivity index (χ1) is 23.4. The van der Waals surface area contributed by atoms with Crippen molar-refractivity contribution in [3.8, 4) is 11.1 Å². The Labute approximate surface area is 283 Å². The van der Waals surface area contributed by atoms with E-state index in [0.717, 1.165) is 32.7 Å². The van der Waals surface area contributed by atoms with Crippen LogP contribution in [0.15, 0.2) is 78.9 Å². The number of hydrogen-bond acceptors (Lipinski definition) is 9. The first-order valence-corrected chi connectivity index (χ1v) is 15.8. The molecule has 2 amide bonds. The highest BCUT2D eigenvalue weighted by atomic mass is 16.6. The van der Waals surface area contributed by atoms with Gasteiger partial charge in [-0.15, -0.1) is 0 Å². The minimum atomic E-state index is -1.19. The minimum Gasteiger partial charge on any atom is -0.481 e. The number of nitrogens with one attached hydrogen (secondary N) is 1. The predicted molar refractivity (Wildman–Crippen MR) is 175 cm³/mol. The molecule has 3 atom stereocenters. The molecule has 0 radical (unpaired) electrons. The summed E-state index contributed by atoms with van der Waals surface area (Å²) in [6.07, 6.45) is -3.07. The topological polar surface area (TPSA) is 189 Å². The van der Waals surface area contributed by atoms with Crippen LogP contribution in [-0.4, -0.2) is 81.8 Å². The van der Waals surface area contributed by atoms with Crippen LogP contribution in [0.1, 0.15) is 55.7 Å². The molecule has 1 unspecified atom stereocenters. The van der Waals surface area contributed by atoms with Gasteiger partial charge in [-0.25, -0.2) is 14.4 Å². The van der Waals surface area contributed by atoms with Gasteiger partial charge in [-0.05, 0) is 40.2 Å². The second kappa shape index (κ2) is 17.1. The third kappa shape index (κ3) is 10.0. The molecule has 1 fully saturated rings. The lowest BCUT2D eigenvalue weighted by Gasteiger charge is -2.25. The van der Waals surface area contributed by atoms with E-state index >= 15 is 0 Å². The van der Waals surface area contributed by atoms with Crippen molar-refractivity contribution in [3.05, 3.63) is 95.6 Å². The summed E-state index contributed by atoms with van der Waals surface area (Å²) in [6.45, 7) is 3.82. The number of aliphatic carboxylic acids is 2. The van der Waals surface area contributed by atoms with E-state index in [1.807, 2.05) is 56.3 Å². The molecule has 0 spiro atoms. The molecule has 13 heteroatoms. The van der Waals surface area contributed by atoms with E-state index in [-0.39, 0.29) is 31.8 Å². The molecule has 13 nitrogen and oxygen atoms in total. The first kappa shape index (κ1) is 36.4. The van der Waals surface area contributed by atoms with Crippen LogP contribution in [0.5, 0.6) is 0 Å². The van der Waals surface area contributed by atoms with Gasteiger partial charge < -0.3 is 34.8 Å². The quantitative estimate of drug-likeness (QED) is 0.153. The van der Waals surface area contributed by atoms with E-state index in [1.54, 1.807) is 24.3 Å². The molecule has 0 bridgehead atoms. The number of hydrogen-bond donors (Lipinski definition) is 4. The molecular formula is C36H40N2O11. The largest absolute Gasteiger partial charge is 0.481 e. The van der Waals surface area contributed by atoms with Gasteiger partial charge in [-0.1, -0.05) is 92.7 Å². The first-order valence-electron chi connectivity index (χ1n) is 15.8. The summed E-state index contributed by atoms with van der Waals surface area (Å²) in [5, 5.41) is 30.5. The number of esters is 1. The van der Waals surface area contributed by atoms with Crippen LogP contribution >= 0.6 is 0 Å². The number of carbonyl (C=O) groups excluding carboxylic acids is 3. The van der Waals surface area contributed by atoms with Gasteiger partial charge >= 0.3 is 30.1 Å². The van der Waals surface area contributed by atoms with Gasteiger partial charge in [0, 0.05) is 5.92 Å². The average molecular weight is 677 g/mol. The maximum Gasteiger partial charge on any atom is 0.413 e. The Morgan fingerprint density at radius 2 is 1.47 bits per heavy atom. The number of carbonyl (C=O) groups is 5. The molecule has 1 saturated heterocycles. The van der Waals surface area contributed by atoms with Gasteiger partial charge in [0.15, 0.2) is 6.73 Å². The molecule has 4 N–H and O–H groups in total. The van der Waals surface area contributed by atoms with Crippen molar-refractivity contribution in [2.75, 3.05) is 13.3 Å². The van der Waals surface area contributed by atoms with Crippen molar-refractivity contribution in [2.24, 2.45) is 5.92 Å². The van der Waals surface area contributed by atoms with Crippen molar-refractivity contribution < 1.29 is 53.5 Å². The highest BCUT2D eigenvalue weighted by Gasteiger charge is 2.40. The summed E-state index contributed by atoms with van der Waals surface area (Å²) in [4.78, 5) is 58.2. The zero-order chi connectivity index (χ0) is 35.5. The van der Waals surface area contributed by atoms with Crippen molar-refractivity contribution in [3.63, 3.8) is 0 Å². The summed E-state index contributed by atoms with van der Waals surface area (Å²) in [5.41, 5.74) is 5.32. The van der Waals surface area contributed by atoms with Crippen LogP contribution in [0, 0.1) is 5.92 Å². The number of ether oxygens (including phenoxy) is 3. The highest BCUT2D eigenvalue weighted by molar-refractivity contribution is 5.87. The van der Waals surface area contributed by atoms with Gasteiger partial charge in [0.1, 0.15) is 19.3 Å². The number of benzene rings is 3. The van der Waals surface area contributed by atoms with E-state index in [0.29, 0.717) is 6.42 Å². The Morgan fingerprint density at radius 3 is 2.04 bits per heavy atom.